The first kappa shape index (κ1) is 18.5. The van der Waals surface area contributed by atoms with Crippen LogP contribution >= 0.6 is 11.6 Å². The molecule has 1 atom stereocenters. The molecule has 142 valence electrons. The van der Waals surface area contributed by atoms with E-state index >= 15 is 0 Å². The Morgan fingerprint density at radius 3 is 2.50 bits per heavy atom. The summed E-state index contributed by atoms with van der Waals surface area (Å²) in [7, 11) is 0. The third kappa shape index (κ3) is 3.87. The zero-order valence-corrected chi connectivity index (χ0v) is 15.9. The van der Waals surface area contributed by atoms with Gasteiger partial charge in [0, 0.05) is 11.6 Å². The molecule has 5 heteroatoms. The van der Waals surface area contributed by atoms with Crippen LogP contribution in [-0.4, -0.2) is 24.0 Å². The van der Waals surface area contributed by atoms with Gasteiger partial charge in [-0.05, 0) is 59.5 Å². The van der Waals surface area contributed by atoms with Crippen molar-refractivity contribution in [1.82, 2.24) is 4.90 Å². The molecular formula is C23H19ClFNO2. The Morgan fingerprint density at radius 2 is 1.75 bits per heavy atom. The Hall–Kier alpha value is -2.85. The molecule has 0 unspecified atom stereocenters. The van der Waals surface area contributed by atoms with E-state index in [4.69, 9.17) is 16.3 Å². The van der Waals surface area contributed by atoms with Crippen LogP contribution in [0.25, 0.3) is 0 Å². The molecule has 1 heterocycles. The van der Waals surface area contributed by atoms with Crippen molar-refractivity contribution in [3.63, 3.8) is 0 Å². The SMILES string of the molecule is O=C(COc1ccc(Cl)cc1)N1CCc2ccccc2[C@H]1c1ccc(F)cc1. The molecule has 0 aromatic heterocycles. The predicted molar refractivity (Wildman–Crippen MR) is 107 cm³/mol. The van der Waals surface area contributed by atoms with E-state index in [9.17, 15) is 9.18 Å². The zero-order valence-electron chi connectivity index (χ0n) is 15.1. The molecule has 1 aliphatic heterocycles. The lowest BCUT2D eigenvalue weighted by Gasteiger charge is -2.37. The first-order valence-electron chi connectivity index (χ1n) is 9.13. The molecule has 0 saturated carbocycles. The summed E-state index contributed by atoms with van der Waals surface area (Å²) in [6, 6.07) is 21.1. The number of carbonyl (C=O) groups is 1. The van der Waals surface area contributed by atoms with Gasteiger partial charge in [-0.15, -0.1) is 0 Å². The average molecular weight is 396 g/mol. The molecule has 28 heavy (non-hydrogen) atoms. The smallest absolute Gasteiger partial charge is 0.261 e. The van der Waals surface area contributed by atoms with Crippen molar-refractivity contribution >= 4 is 17.5 Å². The number of nitrogens with zero attached hydrogens (tertiary/aromatic N) is 1. The van der Waals surface area contributed by atoms with E-state index in [2.05, 4.69) is 6.07 Å². The molecule has 0 radical (unpaired) electrons. The second-order valence-corrected chi connectivity index (χ2v) is 7.17. The molecule has 1 aliphatic rings. The van der Waals surface area contributed by atoms with Crippen LogP contribution in [0.2, 0.25) is 5.02 Å². The fourth-order valence-electron chi connectivity index (χ4n) is 3.60. The highest BCUT2D eigenvalue weighted by Crippen LogP contribution is 2.35. The van der Waals surface area contributed by atoms with Crippen LogP contribution in [-0.2, 0) is 11.2 Å². The molecule has 0 saturated heterocycles. The third-order valence-corrected chi connectivity index (χ3v) is 5.22. The summed E-state index contributed by atoms with van der Waals surface area (Å²) in [5.74, 6) is 0.184. The second kappa shape index (κ2) is 8.03. The van der Waals surface area contributed by atoms with Crippen molar-refractivity contribution in [2.24, 2.45) is 0 Å². The Balaban J connectivity index is 1.60. The maximum atomic E-state index is 13.4. The van der Waals surface area contributed by atoms with Crippen molar-refractivity contribution in [3.8, 4) is 5.75 Å². The third-order valence-electron chi connectivity index (χ3n) is 4.97. The fraction of sp³-hybridized carbons (Fsp3) is 0.174. The van der Waals surface area contributed by atoms with E-state index in [0.29, 0.717) is 17.3 Å². The number of rotatable bonds is 4. The van der Waals surface area contributed by atoms with Gasteiger partial charge in [0.2, 0.25) is 0 Å². The van der Waals surface area contributed by atoms with Crippen molar-refractivity contribution in [3.05, 3.63) is 100 Å². The lowest BCUT2D eigenvalue weighted by atomic mass is 9.88. The molecule has 0 spiro atoms. The number of carbonyl (C=O) groups excluding carboxylic acids is 1. The number of fused-ring (bicyclic) bond motifs is 1. The standard InChI is InChI=1S/C23H19ClFNO2/c24-18-7-11-20(12-8-18)28-15-22(27)26-14-13-16-3-1-2-4-21(16)23(26)17-5-9-19(25)10-6-17/h1-12,23H,13-15H2/t23-/m1/s1. The van der Waals surface area contributed by atoms with Crippen LogP contribution in [0.1, 0.15) is 22.7 Å². The molecule has 3 aromatic carbocycles. The van der Waals surface area contributed by atoms with Crippen LogP contribution in [0.15, 0.2) is 72.8 Å². The van der Waals surface area contributed by atoms with Crippen molar-refractivity contribution < 1.29 is 13.9 Å². The highest BCUT2D eigenvalue weighted by molar-refractivity contribution is 6.30. The lowest BCUT2D eigenvalue weighted by molar-refractivity contribution is -0.135. The summed E-state index contributed by atoms with van der Waals surface area (Å²) < 4.78 is 19.1. The monoisotopic (exact) mass is 395 g/mol. The molecule has 0 N–H and O–H groups in total. The molecule has 0 fully saturated rings. The summed E-state index contributed by atoms with van der Waals surface area (Å²) in [5, 5.41) is 0.614. The van der Waals surface area contributed by atoms with Gasteiger partial charge in [0.15, 0.2) is 6.61 Å². The van der Waals surface area contributed by atoms with E-state index < -0.39 is 0 Å². The minimum atomic E-state index is -0.295. The molecular weight excluding hydrogens is 377 g/mol. The van der Waals surface area contributed by atoms with E-state index in [1.54, 1.807) is 36.4 Å². The maximum absolute atomic E-state index is 13.4. The summed E-state index contributed by atoms with van der Waals surface area (Å²) >= 11 is 5.88. The number of benzene rings is 3. The van der Waals surface area contributed by atoms with E-state index in [1.807, 2.05) is 23.1 Å². The Bertz CT molecular complexity index is 973. The second-order valence-electron chi connectivity index (χ2n) is 6.73. The highest BCUT2D eigenvalue weighted by atomic mass is 35.5. The van der Waals surface area contributed by atoms with Crippen LogP contribution < -0.4 is 4.74 Å². The van der Waals surface area contributed by atoms with Crippen LogP contribution in [0.4, 0.5) is 4.39 Å². The maximum Gasteiger partial charge on any atom is 0.261 e. The topological polar surface area (TPSA) is 29.5 Å². The van der Waals surface area contributed by atoms with Gasteiger partial charge in [-0.3, -0.25) is 4.79 Å². The number of halogens is 2. The zero-order chi connectivity index (χ0) is 19.5. The first-order valence-corrected chi connectivity index (χ1v) is 9.51. The van der Waals surface area contributed by atoms with Crippen LogP contribution in [0, 0.1) is 5.82 Å². The van der Waals surface area contributed by atoms with Crippen molar-refractivity contribution in [1.29, 1.82) is 0 Å². The number of hydrogen-bond acceptors (Lipinski definition) is 2. The highest BCUT2D eigenvalue weighted by Gasteiger charge is 2.32. The predicted octanol–water partition coefficient (Wildman–Crippen LogP) is 5.03. The number of hydrogen-bond donors (Lipinski definition) is 0. The Morgan fingerprint density at radius 1 is 1.04 bits per heavy atom. The van der Waals surface area contributed by atoms with Gasteiger partial charge in [-0.1, -0.05) is 48.0 Å². The van der Waals surface area contributed by atoms with Crippen LogP contribution in [0.5, 0.6) is 5.75 Å². The number of ether oxygens (including phenoxy) is 1. The van der Waals surface area contributed by atoms with E-state index in [0.717, 1.165) is 17.5 Å². The normalized spacial score (nSPS) is 15.8. The summed E-state index contributed by atoms with van der Waals surface area (Å²) in [5.41, 5.74) is 3.16. The van der Waals surface area contributed by atoms with Gasteiger partial charge >= 0.3 is 0 Å². The molecule has 0 bridgehead atoms. The van der Waals surface area contributed by atoms with Crippen molar-refractivity contribution in [2.75, 3.05) is 13.2 Å². The van der Waals surface area contributed by atoms with Gasteiger partial charge in [0.1, 0.15) is 11.6 Å². The Labute approximate surface area is 168 Å². The van der Waals surface area contributed by atoms with E-state index in [-0.39, 0.29) is 24.4 Å². The molecule has 1 amide bonds. The molecule has 0 aliphatic carbocycles. The largest absolute Gasteiger partial charge is 0.484 e. The molecule has 3 nitrogen and oxygen atoms in total. The number of amides is 1. The minimum Gasteiger partial charge on any atom is -0.484 e. The quantitative estimate of drug-likeness (QED) is 0.620. The summed E-state index contributed by atoms with van der Waals surface area (Å²) in [6.45, 7) is 0.517. The summed E-state index contributed by atoms with van der Waals surface area (Å²) in [4.78, 5) is 14.8. The van der Waals surface area contributed by atoms with Gasteiger partial charge in [0.05, 0.1) is 6.04 Å². The molecule has 4 rings (SSSR count). The Kier molecular flexibility index (Phi) is 5.31. The van der Waals surface area contributed by atoms with Crippen LogP contribution in [0.3, 0.4) is 0 Å². The minimum absolute atomic E-state index is 0.0680. The van der Waals surface area contributed by atoms with Crippen molar-refractivity contribution in [2.45, 2.75) is 12.5 Å². The van der Waals surface area contributed by atoms with Gasteiger partial charge in [-0.25, -0.2) is 4.39 Å². The molecule has 3 aromatic rings. The van der Waals surface area contributed by atoms with Gasteiger partial charge in [0.25, 0.3) is 5.91 Å². The van der Waals surface area contributed by atoms with Gasteiger partial charge in [-0.2, -0.15) is 0 Å². The average Bonchev–Trinajstić information content (AvgIpc) is 2.73. The first-order chi connectivity index (χ1) is 13.6. The summed E-state index contributed by atoms with van der Waals surface area (Å²) in [6.07, 6.45) is 0.778. The lowest BCUT2D eigenvalue weighted by Crippen LogP contribution is -2.42. The fourth-order valence-corrected chi connectivity index (χ4v) is 3.72. The van der Waals surface area contributed by atoms with Gasteiger partial charge < -0.3 is 9.64 Å². The van der Waals surface area contributed by atoms with E-state index in [1.165, 1.54) is 17.7 Å².